The molecular weight excluding hydrogens is 274 g/mol. The van der Waals surface area contributed by atoms with E-state index in [0.29, 0.717) is 12.2 Å². The summed E-state index contributed by atoms with van der Waals surface area (Å²) >= 11 is 1.49. The first-order chi connectivity index (χ1) is 9.61. The summed E-state index contributed by atoms with van der Waals surface area (Å²) in [7, 11) is 1.39. The van der Waals surface area contributed by atoms with Crippen molar-refractivity contribution in [2.75, 3.05) is 12.9 Å². The average molecular weight is 291 g/mol. The summed E-state index contributed by atoms with van der Waals surface area (Å²) in [5.74, 6) is 0.408. The van der Waals surface area contributed by atoms with Crippen LogP contribution in [0.25, 0.3) is 5.69 Å². The van der Waals surface area contributed by atoms with Gasteiger partial charge in [-0.1, -0.05) is 29.5 Å². The second-order valence-corrected chi connectivity index (χ2v) is 5.51. The third-order valence-corrected chi connectivity index (χ3v) is 3.84. The third kappa shape index (κ3) is 3.39. The van der Waals surface area contributed by atoms with Crippen molar-refractivity contribution in [3.05, 3.63) is 35.7 Å². The Morgan fingerprint density at radius 1 is 1.40 bits per heavy atom. The van der Waals surface area contributed by atoms with Crippen LogP contribution in [0.2, 0.25) is 0 Å². The van der Waals surface area contributed by atoms with Crippen LogP contribution in [0.1, 0.15) is 17.5 Å². The van der Waals surface area contributed by atoms with E-state index in [1.807, 2.05) is 4.57 Å². The Bertz CT molecular complexity index is 610. The fraction of sp³-hybridized carbons (Fsp3) is 0.357. The van der Waals surface area contributed by atoms with Gasteiger partial charge >= 0.3 is 5.97 Å². The molecule has 1 aromatic carbocycles. The molecule has 20 heavy (non-hydrogen) atoms. The molecule has 0 aliphatic heterocycles. The number of aromatic nitrogens is 3. The molecule has 0 bridgehead atoms. The molecule has 0 amide bonds. The van der Waals surface area contributed by atoms with E-state index < -0.39 is 0 Å². The molecule has 2 aromatic rings. The van der Waals surface area contributed by atoms with Crippen molar-refractivity contribution in [1.29, 1.82) is 0 Å². The lowest BCUT2D eigenvalue weighted by molar-refractivity contribution is -0.140. The number of esters is 1. The molecule has 0 unspecified atom stereocenters. The minimum Gasteiger partial charge on any atom is -0.469 e. The average Bonchev–Trinajstić information content (AvgIpc) is 2.87. The zero-order valence-corrected chi connectivity index (χ0v) is 12.6. The Morgan fingerprint density at radius 2 is 2.20 bits per heavy atom. The standard InChI is InChI=1S/C14H17N3O2S/c1-10-4-5-12(11(2)8-10)17-9-15-16-14(17)20-7-6-13(18)19-3/h4-5,8-9H,6-7H2,1-3H3. The molecule has 0 atom stereocenters. The highest BCUT2D eigenvalue weighted by Gasteiger charge is 2.10. The van der Waals surface area contributed by atoms with Gasteiger partial charge in [0.2, 0.25) is 0 Å². The minimum absolute atomic E-state index is 0.213. The minimum atomic E-state index is -0.213. The van der Waals surface area contributed by atoms with Gasteiger partial charge in [0.25, 0.3) is 0 Å². The molecule has 1 heterocycles. The first-order valence-electron chi connectivity index (χ1n) is 6.29. The van der Waals surface area contributed by atoms with Crippen LogP contribution in [0.5, 0.6) is 0 Å². The summed E-state index contributed by atoms with van der Waals surface area (Å²) in [4.78, 5) is 11.1. The maximum Gasteiger partial charge on any atom is 0.306 e. The fourth-order valence-electron chi connectivity index (χ4n) is 1.89. The van der Waals surface area contributed by atoms with E-state index in [2.05, 4.69) is 47.0 Å². The number of nitrogens with zero attached hydrogens (tertiary/aromatic N) is 3. The van der Waals surface area contributed by atoms with Crippen LogP contribution < -0.4 is 0 Å². The summed E-state index contributed by atoms with van der Waals surface area (Å²) < 4.78 is 6.56. The van der Waals surface area contributed by atoms with E-state index in [4.69, 9.17) is 0 Å². The molecular formula is C14H17N3O2S. The van der Waals surface area contributed by atoms with Gasteiger partial charge in [-0.25, -0.2) is 0 Å². The van der Waals surface area contributed by atoms with Crippen molar-refractivity contribution in [1.82, 2.24) is 14.8 Å². The topological polar surface area (TPSA) is 57.0 Å². The number of benzene rings is 1. The summed E-state index contributed by atoms with van der Waals surface area (Å²) in [6, 6.07) is 6.24. The molecule has 0 aliphatic rings. The molecule has 0 saturated carbocycles. The first-order valence-corrected chi connectivity index (χ1v) is 7.27. The highest BCUT2D eigenvalue weighted by molar-refractivity contribution is 7.99. The summed E-state index contributed by atoms with van der Waals surface area (Å²) in [6.45, 7) is 4.13. The van der Waals surface area contributed by atoms with Crippen molar-refractivity contribution in [3.63, 3.8) is 0 Å². The van der Waals surface area contributed by atoms with Crippen molar-refractivity contribution >= 4 is 17.7 Å². The molecule has 0 N–H and O–H groups in total. The Hall–Kier alpha value is -1.82. The molecule has 106 valence electrons. The van der Waals surface area contributed by atoms with E-state index >= 15 is 0 Å². The van der Waals surface area contributed by atoms with Crippen molar-refractivity contribution in [2.24, 2.45) is 0 Å². The largest absolute Gasteiger partial charge is 0.469 e. The Labute approximate surface area is 122 Å². The van der Waals surface area contributed by atoms with Crippen LogP contribution in [-0.4, -0.2) is 33.6 Å². The molecule has 0 spiro atoms. The summed E-state index contributed by atoms with van der Waals surface area (Å²) in [5.41, 5.74) is 3.44. The van der Waals surface area contributed by atoms with Crippen LogP contribution in [0.15, 0.2) is 29.7 Å². The number of carbonyl (C=O) groups excluding carboxylic acids is 1. The van der Waals surface area contributed by atoms with Gasteiger partial charge in [-0.05, 0) is 25.5 Å². The predicted molar refractivity (Wildman–Crippen MR) is 78.2 cm³/mol. The zero-order valence-electron chi connectivity index (χ0n) is 11.8. The number of aryl methyl sites for hydroxylation is 2. The van der Waals surface area contributed by atoms with Crippen LogP contribution in [-0.2, 0) is 9.53 Å². The van der Waals surface area contributed by atoms with Gasteiger partial charge in [0.05, 0.1) is 19.2 Å². The molecule has 0 radical (unpaired) electrons. The normalized spacial score (nSPS) is 10.6. The Balaban J connectivity index is 2.14. The molecule has 0 aliphatic carbocycles. The van der Waals surface area contributed by atoms with Crippen LogP contribution in [0.3, 0.4) is 0 Å². The van der Waals surface area contributed by atoms with Crippen LogP contribution in [0, 0.1) is 13.8 Å². The summed E-state index contributed by atoms with van der Waals surface area (Å²) in [5, 5.41) is 8.84. The molecule has 6 heteroatoms. The monoisotopic (exact) mass is 291 g/mol. The second kappa shape index (κ2) is 6.56. The van der Waals surface area contributed by atoms with E-state index in [1.165, 1.54) is 30.0 Å². The van der Waals surface area contributed by atoms with E-state index in [0.717, 1.165) is 10.8 Å². The van der Waals surface area contributed by atoms with Crippen molar-refractivity contribution in [2.45, 2.75) is 25.4 Å². The maximum atomic E-state index is 11.1. The van der Waals surface area contributed by atoms with E-state index in [9.17, 15) is 4.79 Å². The van der Waals surface area contributed by atoms with Crippen molar-refractivity contribution < 1.29 is 9.53 Å². The molecule has 5 nitrogen and oxygen atoms in total. The first kappa shape index (κ1) is 14.6. The SMILES string of the molecule is COC(=O)CCSc1nncn1-c1ccc(C)cc1C. The number of hydrogen-bond donors (Lipinski definition) is 0. The van der Waals surface area contributed by atoms with Gasteiger partial charge in [-0.2, -0.15) is 0 Å². The Kier molecular flexibility index (Phi) is 4.79. The summed E-state index contributed by atoms with van der Waals surface area (Å²) in [6.07, 6.45) is 2.05. The Morgan fingerprint density at radius 3 is 2.90 bits per heavy atom. The highest BCUT2D eigenvalue weighted by Crippen LogP contribution is 2.23. The van der Waals surface area contributed by atoms with Crippen LogP contribution >= 0.6 is 11.8 Å². The fourth-order valence-corrected chi connectivity index (χ4v) is 2.73. The molecule has 2 rings (SSSR count). The maximum absolute atomic E-state index is 11.1. The lowest BCUT2D eigenvalue weighted by Crippen LogP contribution is -2.03. The van der Waals surface area contributed by atoms with E-state index in [1.54, 1.807) is 6.33 Å². The van der Waals surface area contributed by atoms with Crippen LogP contribution in [0.4, 0.5) is 0 Å². The number of hydrogen-bond acceptors (Lipinski definition) is 5. The molecule has 1 aromatic heterocycles. The number of ether oxygens (including phenoxy) is 1. The number of carbonyl (C=O) groups is 1. The molecule has 0 fully saturated rings. The van der Waals surface area contributed by atoms with Gasteiger partial charge in [-0.15, -0.1) is 10.2 Å². The van der Waals surface area contributed by atoms with Gasteiger partial charge in [0.1, 0.15) is 6.33 Å². The van der Waals surface area contributed by atoms with E-state index in [-0.39, 0.29) is 5.97 Å². The zero-order chi connectivity index (χ0) is 14.5. The lowest BCUT2D eigenvalue weighted by Gasteiger charge is -2.09. The quantitative estimate of drug-likeness (QED) is 0.626. The van der Waals surface area contributed by atoms with Gasteiger partial charge in [0.15, 0.2) is 5.16 Å². The van der Waals surface area contributed by atoms with Gasteiger partial charge in [0, 0.05) is 5.75 Å². The highest BCUT2D eigenvalue weighted by atomic mass is 32.2. The van der Waals surface area contributed by atoms with Gasteiger partial charge < -0.3 is 4.74 Å². The lowest BCUT2D eigenvalue weighted by atomic mass is 10.1. The number of rotatable bonds is 5. The number of methoxy groups -OCH3 is 1. The number of thioether (sulfide) groups is 1. The molecule has 0 saturated heterocycles. The third-order valence-electron chi connectivity index (χ3n) is 2.89. The second-order valence-electron chi connectivity index (χ2n) is 4.45. The van der Waals surface area contributed by atoms with Crippen molar-refractivity contribution in [3.8, 4) is 5.69 Å². The smallest absolute Gasteiger partial charge is 0.306 e. The predicted octanol–water partition coefficient (Wildman–Crippen LogP) is 2.54. The van der Waals surface area contributed by atoms with Gasteiger partial charge in [-0.3, -0.25) is 9.36 Å².